The van der Waals surface area contributed by atoms with Crippen molar-refractivity contribution in [1.82, 2.24) is 9.78 Å². The van der Waals surface area contributed by atoms with Crippen molar-refractivity contribution >= 4 is 5.82 Å². The summed E-state index contributed by atoms with van der Waals surface area (Å²) in [7, 11) is 1.66. The molecule has 5 heteroatoms. The lowest BCUT2D eigenvalue weighted by Crippen LogP contribution is -2.43. The number of nitrogens with zero attached hydrogens (tertiary/aromatic N) is 3. The van der Waals surface area contributed by atoms with Crippen LogP contribution in [0, 0.1) is 0 Å². The Morgan fingerprint density at radius 3 is 3.00 bits per heavy atom. The number of nitrogens with two attached hydrogens (primary N) is 1. The van der Waals surface area contributed by atoms with E-state index >= 15 is 0 Å². The molecule has 0 aliphatic carbocycles. The van der Waals surface area contributed by atoms with Gasteiger partial charge in [0, 0.05) is 32.2 Å². The number of aromatic nitrogens is 2. The van der Waals surface area contributed by atoms with Crippen molar-refractivity contribution in [2.75, 3.05) is 18.0 Å². The summed E-state index contributed by atoms with van der Waals surface area (Å²) in [6.45, 7) is 1.80. The van der Waals surface area contributed by atoms with Crippen LogP contribution in [0.25, 0.3) is 0 Å². The normalized spacial score (nSPS) is 21.7. The van der Waals surface area contributed by atoms with Crippen molar-refractivity contribution < 1.29 is 0 Å². The molecule has 5 nitrogen and oxygen atoms in total. The third-order valence-corrected chi connectivity index (χ3v) is 2.73. The second-order valence-corrected chi connectivity index (χ2v) is 4.00. The Labute approximate surface area is 88.5 Å². The van der Waals surface area contributed by atoms with Crippen LogP contribution in [-0.4, -0.2) is 28.9 Å². The van der Waals surface area contributed by atoms with Crippen LogP contribution in [-0.2, 0) is 7.05 Å². The molecule has 0 aromatic carbocycles. The van der Waals surface area contributed by atoms with Crippen LogP contribution in [0.1, 0.15) is 12.8 Å². The fourth-order valence-electron chi connectivity index (χ4n) is 1.88. The molecule has 0 saturated carbocycles. The summed E-state index contributed by atoms with van der Waals surface area (Å²) in [5.41, 5.74) is 5.81. The van der Waals surface area contributed by atoms with Crippen LogP contribution >= 0.6 is 0 Å². The van der Waals surface area contributed by atoms with E-state index in [0.29, 0.717) is 0 Å². The molecule has 0 amide bonds. The lowest BCUT2D eigenvalue weighted by molar-refractivity contribution is 0.498. The molecule has 2 rings (SSSR count). The summed E-state index contributed by atoms with van der Waals surface area (Å²) < 4.78 is 1.36. The lowest BCUT2D eigenvalue weighted by atomic mass is 10.1. The third-order valence-electron chi connectivity index (χ3n) is 2.73. The summed E-state index contributed by atoms with van der Waals surface area (Å²) in [4.78, 5) is 13.3. The zero-order valence-corrected chi connectivity index (χ0v) is 8.89. The van der Waals surface area contributed by atoms with Gasteiger partial charge >= 0.3 is 0 Å². The van der Waals surface area contributed by atoms with Gasteiger partial charge < -0.3 is 10.6 Å². The smallest absolute Gasteiger partial charge is 0.266 e. The lowest BCUT2D eigenvalue weighted by Gasteiger charge is -2.31. The van der Waals surface area contributed by atoms with Crippen molar-refractivity contribution in [2.45, 2.75) is 18.9 Å². The SMILES string of the molecule is Cn1nc(N2CCCC(N)C2)ccc1=O. The molecule has 1 aliphatic heterocycles. The van der Waals surface area contributed by atoms with E-state index in [0.717, 1.165) is 31.7 Å². The first kappa shape index (κ1) is 10.2. The molecular weight excluding hydrogens is 192 g/mol. The highest BCUT2D eigenvalue weighted by molar-refractivity contribution is 5.37. The average Bonchev–Trinajstić information content (AvgIpc) is 2.22. The van der Waals surface area contributed by atoms with Gasteiger partial charge in [0.25, 0.3) is 5.56 Å². The van der Waals surface area contributed by atoms with E-state index in [9.17, 15) is 4.79 Å². The second-order valence-electron chi connectivity index (χ2n) is 4.00. The molecule has 2 heterocycles. The molecule has 0 spiro atoms. The van der Waals surface area contributed by atoms with Gasteiger partial charge in [0.15, 0.2) is 0 Å². The van der Waals surface area contributed by atoms with Gasteiger partial charge in [-0.3, -0.25) is 4.79 Å². The highest BCUT2D eigenvalue weighted by atomic mass is 16.1. The largest absolute Gasteiger partial charge is 0.354 e. The topological polar surface area (TPSA) is 64.2 Å². The molecule has 1 atom stereocenters. The maximum Gasteiger partial charge on any atom is 0.266 e. The van der Waals surface area contributed by atoms with Gasteiger partial charge in [-0.15, -0.1) is 0 Å². The zero-order valence-electron chi connectivity index (χ0n) is 8.89. The van der Waals surface area contributed by atoms with Crippen LogP contribution in [0.15, 0.2) is 16.9 Å². The van der Waals surface area contributed by atoms with Gasteiger partial charge in [0.2, 0.25) is 0 Å². The maximum atomic E-state index is 11.2. The summed E-state index contributed by atoms with van der Waals surface area (Å²) in [6, 6.07) is 3.53. The van der Waals surface area contributed by atoms with Gasteiger partial charge in [0.1, 0.15) is 5.82 Å². The van der Waals surface area contributed by atoms with Crippen molar-refractivity contribution in [3.8, 4) is 0 Å². The molecule has 0 radical (unpaired) electrons. The maximum absolute atomic E-state index is 11.2. The Balaban J connectivity index is 2.21. The molecule has 1 aromatic rings. The molecule has 15 heavy (non-hydrogen) atoms. The van der Waals surface area contributed by atoms with Crippen LogP contribution in [0.4, 0.5) is 5.82 Å². The van der Waals surface area contributed by atoms with Crippen LogP contribution in [0.3, 0.4) is 0 Å². The average molecular weight is 208 g/mol. The molecule has 0 bridgehead atoms. The monoisotopic (exact) mass is 208 g/mol. The quantitative estimate of drug-likeness (QED) is 0.688. The van der Waals surface area contributed by atoms with Crippen LogP contribution in [0.2, 0.25) is 0 Å². The Kier molecular flexibility index (Phi) is 2.73. The standard InChI is InChI=1S/C10H16N4O/c1-13-10(15)5-4-9(12-13)14-6-2-3-8(11)7-14/h4-5,8H,2-3,6-7,11H2,1H3. The predicted molar refractivity (Wildman–Crippen MR) is 58.9 cm³/mol. The summed E-state index contributed by atoms with van der Waals surface area (Å²) in [5.74, 6) is 0.840. The van der Waals surface area contributed by atoms with E-state index in [-0.39, 0.29) is 11.6 Å². The van der Waals surface area contributed by atoms with E-state index in [4.69, 9.17) is 5.73 Å². The molecule has 1 saturated heterocycles. The number of piperidine rings is 1. The Morgan fingerprint density at radius 2 is 2.33 bits per heavy atom. The molecule has 1 fully saturated rings. The zero-order chi connectivity index (χ0) is 10.8. The highest BCUT2D eigenvalue weighted by Gasteiger charge is 2.17. The van der Waals surface area contributed by atoms with Gasteiger partial charge in [-0.2, -0.15) is 5.10 Å². The molecule has 1 aliphatic rings. The van der Waals surface area contributed by atoms with E-state index in [2.05, 4.69) is 10.00 Å². The number of anilines is 1. The first-order valence-electron chi connectivity index (χ1n) is 5.22. The van der Waals surface area contributed by atoms with E-state index in [1.54, 1.807) is 19.2 Å². The molecule has 82 valence electrons. The fraction of sp³-hybridized carbons (Fsp3) is 0.600. The van der Waals surface area contributed by atoms with Gasteiger partial charge in [-0.05, 0) is 18.9 Å². The Bertz CT molecular complexity index is 401. The summed E-state index contributed by atoms with van der Waals surface area (Å²) in [5, 5.41) is 4.21. The van der Waals surface area contributed by atoms with Crippen LogP contribution < -0.4 is 16.2 Å². The molecular formula is C10H16N4O. The third kappa shape index (κ3) is 2.18. The van der Waals surface area contributed by atoms with Crippen molar-refractivity contribution in [3.63, 3.8) is 0 Å². The second kappa shape index (κ2) is 4.02. The van der Waals surface area contributed by atoms with Gasteiger partial charge in [-0.25, -0.2) is 4.68 Å². The first-order chi connectivity index (χ1) is 7.16. The van der Waals surface area contributed by atoms with Gasteiger partial charge in [-0.1, -0.05) is 0 Å². The Hall–Kier alpha value is -1.36. The summed E-state index contributed by atoms with van der Waals surface area (Å²) in [6.07, 6.45) is 2.16. The van der Waals surface area contributed by atoms with Crippen molar-refractivity contribution in [3.05, 3.63) is 22.5 Å². The van der Waals surface area contributed by atoms with E-state index in [1.165, 1.54) is 4.68 Å². The first-order valence-corrected chi connectivity index (χ1v) is 5.22. The van der Waals surface area contributed by atoms with E-state index < -0.39 is 0 Å². The molecule has 2 N–H and O–H groups in total. The number of hydrogen-bond donors (Lipinski definition) is 1. The fourth-order valence-corrected chi connectivity index (χ4v) is 1.88. The molecule has 1 unspecified atom stereocenters. The highest BCUT2D eigenvalue weighted by Crippen LogP contribution is 2.14. The minimum absolute atomic E-state index is 0.0833. The van der Waals surface area contributed by atoms with E-state index in [1.807, 2.05) is 0 Å². The van der Waals surface area contributed by atoms with Crippen molar-refractivity contribution in [1.29, 1.82) is 0 Å². The molecule has 1 aromatic heterocycles. The van der Waals surface area contributed by atoms with Crippen LogP contribution in [0.5, 0.6) is 0 Å². The Morgan fingerprint density at radius 1 is 1.53 bits per heavy atom. The summed E-state index contributed by atoms with van der Waals surface area (Å²) >= 11 is 0. The van der Waals surface area contributed by atoms with Gasteiger partial charge in [0.05, 0.1) is 0 Å². The number of aryl methyl sites for hydroxylation is 1. The minimum atomic E-state index is -0.0833. The number of rotatable bonds is 1. The number of hydrogen-bond acceptors (Lipinski definition) is 4. The van der Waals surface area contributed by atoms with Crippen molar-refractivity contribution in [2.24, 2.45) is 12.8 Å². The predicted octanol–water partition coefficient (Wildman–Crippen LogP) is -0.292. The minimum Gasteiger partial charge on any atom is -0.354 e.